The highest BCUT2D eigenvalue weighted by Crippen LogP contribution is 2.32. The summed E-state index contributed by atoms with van der Waals surface area (Å²) in [5, 5.41) is 6.44. The van der Waals surface area contributed by atoms with Crippen molar-refractivity contribution < 1.29 is 4.74 Å². The first-order chi connectivity index (χ1) is 9.98. The lowest BCUT2D eigenvalue weighted by Gasteiger charge is -2.42. The van der Waals surface area contributed by atoms with Gasteiger partial charge < -0.3 is 15.0 Å². The summed E-state index contributed by atoms with van der Waals surface area (Å²) in [5.41, 5.74) is -0.163. The number of nitrogens with one attached hydrogen (secondary N) is 1. The fraction of sp³-hybridized carbons (Fsp3) is 0.600. The number of fused-ring (bicyclic) bond motifs is 1. The van der Waals surface area contributed by atoms with Crippen molar-refractivity contribution in [3.8, 4) is 0 Å². The quantitative estimate of drug-likeness (QED) is 0.944. The number of nitrogens with zero attached hydrogens (tertiary/aromatic N) is 3. The fourth-order valence-electron chi connectivity index (χ4n) is 2.93. The minimum Gasteiger partial charge on any atom is -0.369 e. The first-order valence-corrected chi connectivity index (χ1v) is 8.28. The number of morpholine rings is 1. The molecule has 1 saturated heterocycles. The molecule has 1 unspecified atom stereocenters. The summed E-state index contributed by atoms with van der Waals surface area (Å²) in [6.07, 6.45) is 0.194. The molecule has 3 rings (SSSR count). The van der Waals surface area contributed by atoms with Crippen LogP contribution in [0.2, 0.25) is 0 Å². The van der Waals surface area contributed by atoms with Gasteiger partial charge in [-0.2, -0.15) is 4.98 Å². The van der Waals surface area contributed by atoms with E-state index in [0.717, 1.165) is 35.7 Å². The summed E-state index contributed by atoms with van der Waals surface area (Å²) in [6, 6.07) is 2.11. The average Bonchev–Trinajstić information content (AvgIpc) is 2.83. The number of rotatable bonds is 3. The van der Waals surface area contributed by atoms with Crippen LogP contribution in [0.25, 0.3) is 10.2 Å². The van der Waals surface area contributed by atoms with Crippen LogP contribution < -0.4 is 10.2 Å². The molecule has 1 fully saturated rings. The van der Waals surface area contributed by atoms with Crippen molar-refractivity contribution in [2.24, 2.45) is 0 Å². The Bertz CT molecular complexity index is 640. The maximum absolute atomic E-state index is 6.00. The van der Waals surface area contributed by atoms with E-state index in [1.54, 1.807) is 11.3 Å². The molecule has 114 valence electrons. The summed E-state index contributed by atoms with van der Waals surface area (Å²) in [7, 11) is 0. The first-order valence-electron chi connectivity index (χ1n) is 7.40. The van der Waals surface area contributed by atoms with Crippen molar-refractivity contribution in [1.82, 2.24) is 9.97 Å². The van der Waals surface area contributed by atoms with Crippen LogP contribution in [-0.4, -0.2) is 41.3 Å². The zero-order valence-corrected chi connectivity index (χ0v) is 13.8. The van der Waals surface area contributed by atoms with E-state index in [1.165, 1.54) is 0 Å². The monoisotopic (exact) mass is 306 g/mol. The van der Waals surface area contributed by atoms with E-state index in [1.807, 2.05) is 0 Å². The molecule has 6 heteroatoms. The second-order valence-corrected chi connectivity index (χ2v) is 7.00. The van der Waals surface area contributed by atoms with Gasteiger partial charge >= 0.3 is 0 Å². The highest BCUT2D eigenvalue weighted by Gasteiger charge is 2.33. The van der Waals surface area contributed by atoms with Gasteiger partial charge in [0.1, 0.15) is 10.6 Å². The van der Waals surface area contributed by atoms with Gasteiger partial charge in [-0.25, -0.2) is 4.98 Å². The van der Waals surface area contributed by atoms with Gasteiger partial charge in [-0.1, -0.05) is 0 Å². The van der Waals surface area contributed by atoms with Crippen LogP contribution >= 0.6 is 11.3 Å². The number of aromatic nitrogens is 2. The third-order valence-electron chi connectivity index (χ3n) is 3.51. The lowest BCUT2D eigenvalue weighted by Crippen LogP contribution is -2.52. The van der Waals surface area contributed by atoms with Crippen LogP contribution in [0.4, 0.5) is 11.8 Å². The van der Waals surface area contributed by atoms with Crippen LogP contribution in [-0.2, 0) is 4.74 Å². The third kappa shape index (κ3) is 2.96. The average molecular weight is 306 g/mol. The first kappa shape index (κ1) is 14.5. The van der Waals surface area contributed by atoms with E-state index in [4.69, 9.17) is 9.72 Å². The standard InChI is InChI=1S/C15H22N4OS/c1-5-16-14-17-12(11-6-7-21-13(11)18-14)19-8-10(2)20-15(3,4)9-19/h6-7,10H,5,8-9H2,1-4H3,(H,16,17,18). The van der Waals surface area contributed by atoms with E-state index < -0.39 is 0 Å². The summed E-state index contributed by atoms with van der Waals surface area (Å²) < 4.78 is 6.00. The maximum Gasteiger partial charge on any atom is 0.226 e. The van der Waals surface area contributed by atoms with Crippen LogP contribution in [0.15, 0.2) is 11.4 Å². The predicted molar refractivity (Wildman–Crippen MR) is 88.4 cm³/mol. The maximum atomic E-state index is 6.00. The van der Waals surface area contributed by atoms with Crippen LogP contribution in [0.1, 0.15) is 27.7 Å². The Morgan fingerprint density at radius 2 is 2.29 bits per heavy atom. The summed E-state index contributed by atoms with van der Waals surface area (Å²) in [4.78, 5) is 12.7. The summed E-state index contributed by atoms with van der Waals surface area (Å²) >= 11 is 1.66. The molecular formula is C15H22N4OS. The minimum atomic E-state index is -0.163. The molecule has 0 aliphatic carbocycles. The molecule has 0 amide bonds. The largest absolute Gasteiger partial charge is 0.369 e. The Morgan fingerprint density at radius 3 is 3.00 bits per heavy atom. The number of hydrogen-bond acceptors (Lipinski definition) is 6. The normalized spacial score (nSPS) is 21.7. The molecule has 2 aromatic rings. The molecule has 0 radical (unpaired) electrons. The van der Waals surface area contributed by atoms with Crippen molar-refractivity contribution in [2.45, 2.75) is 39.4 Å². The SMILES string of the molecule is CCNc1nc(N2CC(C)OC(C)(C)C2)c2ccsc2n1. The van der Waals surface area contributed by atoms with Gasteiger partial charge in [0, 0.05) is 19.6 Å². The molecule has 0 spiro atoms. The lowest BCUT2D eigenvalue weighted by atomic mass is 10.1. The van der Waals surface area contributed by atoms with Crippen molar-refractivity contribution in [3.05, 3.63) is 11.4 Å². The van der Waals surface area contributed by atoms with Crippen LogP contribution in [0.3, 0.4) is 0 Å². The number of anilines is 2. The van der Waals surface area contributed by atoms with Crippen LogP contribution in [0, 0.1) is 0 Å². The fourth-order valence-corrected chi connectivity index (χ4v) is 3.69. The highest BCUT2D eigenvalue weighted by molar-refractivity contribution is 7.16. The molecule has 1 aliphatic rings. The molecule has 1 atom stereocenters. The molecule has 1 N–H and O–H groups in total. The Labute approximate surface area is 129 Å². The lowest BCUT2D eigenvalue weighted by molar-refractivity contribution is -0.0750. The van der Waals surface area contributed by atoms with Crippen molar-refractivity contribution in [3.63, 3.8) is 0 Å². The van der Waals surface area contributed by atoms with Gasteiger partial charge in [-0.05, 0) is 39.1 Å². The smallest absolute Gasteiger partial charge is 0.226 e. The molecule has 2 aromatic heterocycles. The third-order valence-corrected chi connectivity index (χ3v) is 4.32. The van der Waals surface area contributed by atoms with E-state index in [-0.39, 0.29) is 11.7 Å². The topological polar surface area (TPSA) is 50.3 Å². The van der Waals surface area contributed by atoms with Gasteiger partial charge in [-0.3, -0.25) is 0 Å². The van der Waals surface area contributed by atoms with Gasteiger partial charge in [0.15, 0.2) is 0 Å². The zero-order chi connectivity index (χ0) is 15.0. The van der Waals surface area contributed by atoms with Gasteiger partial charge in [-0.15, -0.1) is 11.3 Å². The molecule has 21 heavy (non-hydrogen) atoms. The van der Waals surface area contributed by atoms with Crippen molar-refractivity contribution >= 4 is 33.3 Å². The van der Waals surface area contributed by atoms with E-state index in [0.29, 0.717) is 5.95 Å². The number of hydrogen-bond donors (Lipinski definition) is 1. The number of ether oxygens (including phenoxy) is 1. The van der Waals surface area contributed by atoms with Crippen LogP contribution in [0.5, 0.6) is 0 Å². The second-order valence-electron chi connectivity index (χ2n) is 6.11. The van der Waals surface area contributed by atoms with Gasteiger partial charge in [0.05, 0.1) is 17.1 Å². The Hall–Kier alpha value is -1.40. The molecule has 1 aliphatic heterocycles. The molecule has 0 bridgehead atoms. The molecule has 3 heterocycles. The van der Waals surface area contributed by atoms with Crippen molar-refractivity contribution in [1.29, 1.82) is 0 Å². The Kier molecular flexibility index (Phi) is 3.75. The molecule has 5 nitrogen and oxygen atoms in total. The molecule has 0 saturated carbocycles. The van der Waals surface area contributed by atoms with E-state index in [9.17, 15) is 0 Å². The highest BCUT2D eigenvalue weighted by atomic mass is 32.1. The molecular weight excluding hydrogens is 284 g/mol. The van der Waals surface area contributed by atoms with Gasteiger partial charge in [0.2, 0.25) is 5.95 Å². The molecule has 0 aromatic carbocycles. The Balaban J connectivity index is 2.03. The van der Waals surface area contributed by atoms with Gasteiger partial charge in [0.25, 0.3) is 0 Å². The Morgan fingerprint density at radius 1 is 1.48 bits per heavy atom. The van der Waals surface area contributed by atoms with E-state index >= 15 is 0 Å². The minimum absolute atomic E-state index is 0.163. The second kappa shape index (κ2) is 5.42. The zero-order valence-electron chi connectivity index (χ0n) is 13.0. The summed E-state index contributed by atoms with van der Waals surface area (Å²) in [5.74, 6) is 1.72. The summed E-state index contributed by atoms with van der Waals surface area (Å²) in [6.45, 7) is 11.0. The number of thiophene rings is 1. The van der Waals surface area contributed by atoms with Crippen molar-refractivity contribution in [2.75, 3.05) is 29.9 Å². The van der Waals surface area contributed by atoms with E-state index in [2.05, 4.69) is 54.3 Å². The predicted octanol–water partition coefficient (Wildman–Crippen LogP) is 3.13.